The molecule has 4 fully saturated rings. The standard InChI is InChI=1S/C13H17IN2O/c14-12-15-11(17-16-12)7-13-4-8-1-9(5-13)3-10(2-8)6-13/h8-10H,1-7H2. The zero-order valence-electron chi connectivity index (χ0n) is 9.86. The van der Waals surface area contributed by atoms with Crippen molar-refractivity contribution in [2.24, 2.45) is 23.2 Å². The molecule has 17 heavy (non-hydrogen) atoms. The molecule has 0 amide bonds. The van der Waals surface area contributed by atoms with Gasteiger partial charge in [0, 0.05) is 29.0 Å². The molecule has 4 saturated carbocycles. The summed E-state index contributed by atoms with van der Waals surface area (Å²) in [6.07, 6.45) is 9.78. The van der Waals surface area contributed by atoms with E-state index in [2.05, 4.69) is 32.7 Å². The van der Waals surface area contributed by atoms with E-state index in [1.807, 2.05) is 0 Å². The zero-order chi connectivity index (χ0) is 11.5. The largest absolute Gasteiger partial charge is 0.339 e. The summed E-state index contributed by atoms with van der Waals surface area (Å²) in [6, 6.07) is 0. The van der Waals surface area contributed by atoms with Crippen LogP contribution in [0.25, 0.3) is 0 Å². The van der Waals surface area contributed by atoms with Crippen molar-refractivity contribution in [3.05, 3.63) is 9.72 Å². The van der Waals surface area contributed by atoms with Crippen molar-refractivity contribution >= 4 is 22.6 Å². The molecule has 0 unspecified atom stereocenters. The van der Waals surface area contributed by atoms with Gasteiger partial charge in [-0.2, -0.15) is 4.98 Å². The van der Waals surface area contributed by atoms with Gasteiger partial charge in [-0.25, -0.2) is 0 Å². The van der Waals surface area contributed by atoms with E-state index < -0.39 is 0 Å². The van der Waals surface area contributed by atoms with Crippen LogP contribution < -0.4 is 0 Å². The molecule has 92 valence electrons. The highest BCUT2D eigenvalue weighted by Crippen LogP contribution is 2.60. The van der Waals surface area contributed by atoms with Crippen molar-refractivity contribution in [3.8, 4) is 0 Å². The van der Waals surface area contributed by atoms with Crippen LogP contribution in [-0.2, 0) is 6.42 Å². The van der Waals surface area contributed by atoms with E-state index in [-0.39, 0.29) is 0 Å². The van der Waals surface area contributed by atoms with Crippen LogP contribution in [0.5, 0.6) is 0 Å². The van der Waals surface area contributed by atoms with Gasteiger partial charge >= 0.3 is 0 Å². The number of halogens is 1. The SMILES string of the molecule is Ic1noc(CC23CC4CC(CC(C4)C2)C3)n1. The summed E-state index contributed by atoms with van der Waals surface area (Å²) in [5.41, 5.74) is 0.518. The van der Waals surface area contributed by atoms with E-state index in [0.717, 1.165) is 33.9 Å². The minimum atomic E-state index is 0.518. The summed E-state index contributed by atoms with van der Waals surface area (Å²) in [6.45, 7) is 0. The highest BCUT2D eigenvalue weighted by atomic mass is 127. The highest BCUT2D eigenvalue weighted by Gasteiger charge is 2.51. The molecule has 4 aliphatic rings. The predicted molar refractivity (Wildman–Crippen MR) is 71.3 cm³/mol. The molecule has 1 aromatic heterocycles. The molecule has 0 aliphatic heterocycles. The Hall–Kier alpha value is -0.130. The molecule has 0 spiro atoms. The summed E-state index contributed by atoms with van der Waals surface area (Å²) < 4.78 is 6.09. The third kappa shape index (κ3) is 1.83. The third-order valence-corrected chi connectivity index (χ3v) is 5.57. The fraction of sp³-hybridized carbons (Fsp3) is 0.846. The Bertz CT molecular complexity index is 407. The van der Waals surface area contributed by atoms with Gasteiger partial charge in [0.1, 0.15) is 0 Å². The normalized spacial score (nSPS) is 43.2. The fourth-order valence-electron chi connectivity index (χ4n) is 5.13. The van der Waals surface area contributed by atoms with Crippen LogP contribution in [0.15, 0.2) is 4.52 Å². The molecule has 4 heteroatoms. The Kier molecular flexibility index (Phi) is 2.33. The first-order chi connectivity index (χ1) is 8.21. The van der Waals surface area contributed by atoms with E-state index in [1.54, 1.807) is 0 Å². The number of nitrogens with zero attached hydrogens (tertiary/aromatic N) is 2. The molecule has 0 saturated heterocycles. The van der Waals surface area contributed by atoms with Gasteiger partial charge in [-0.3, -0.25) is 0 Å². The Labute approximate surface area is 115 Å². The molecular weight excluding hydrogens is 327 g/mol. The predicted octanol–water partition coefficient (Wildman–Crippen LogP) is 3.43. The van der Waals surface area contributed by atoms with Crippen molar-refractivity contribution in [3.63, 3.8) is 0 Å². The Balaban J connectivity index is 1.60. The zero-order valence-corrected chi connectivity index (χ0v) is 12.0. The van der Waals surface area contributed by atoms with Crippen molar-refractivity contribution in [1.29, 1.82) is 0 Å². The number of hydrogen-bond acceptors (Lipinski definition) is 3. The summed E-state index contributed by atoms with van der Waals surface area (Å²) in [7, 11) is 0. The summed E-state index contributed by atoms with van der Waals surface area (Å²) in [5, 5.41) is 3.92. The third-order valence-electron chi connectivity index (χ3n) is 5.13. The van der Waals surface area contributed by atoms with Crippen molar-refractivity contribution in [2.75, 3.05) is 0 Å². The van der Waals surface area contributed by atoms with Gasteiger partial charge in [-0.1, -0.05) is 5.16 Å². The number of aromatic nitrogens is 2. The Morgan fingerprint density at radius 1 is 1.12 bits per heavy atom. The quantitative estimate of drug-likeness (QED) is 0.772. The van der Waals surface area contributed by atoms with Gasteiger partial charge in [-0.15, -0.1) is 0 Å². The maximum absolute atomic E-state index is 5.33. The van der Waals surface area contributed by atoms with Gasteiger partial charge in [0.25, 0.3) is 0 Å². The second-order valence-electron chi connectivity index (χ2n) is 6.55. The smallest absolute Gasteiger partial charge is 0.232 e. The molecule has 0 atom stereocenters. The van der Waals surface area contributed by atoms with E-state index in [1.165, 1.54) is 38.5 Å². The minimum Gasteiger partial charge on any atom is -0.339 e. The van der Waals surface area contributed by atoms with E-state index >= 15 is 0 Å². The Morgan fingerprint density at radius 2 is 1.71 bits per heavy atom. The lowest BCUT2D eigenvalue weighted by Crippen LogP contribution is -2.47. The van der Waals surface area contributed by atoms with Crippen LogP contribution >= 0.6 is 22.6 Å². The monoisotopic (exact) mass is 344 g/mol. The highest BCUT2D eigenvalue weighted by molar-refractivity contribution is 14.1. The first-order valence-corrected chi connectivity index (χ1v) is 7.77. The molecule has 0 aromatic carbocycles. The van der Waals surface area contributed by atoms with Crippen LogP contribution in [0.4, 0.5) is 0 Å². The van der Waals surface area contributed by atoms with Crippen LogP contribution in [-0.4, -0.2) is 10.1 Å². The molecular formula is C13H17IN2O. The number of rotatable bonds is 2. The molecule has 4 aliphatic carbocycles. The van der Waals surface area contributed by atoms with Gasteiger partial charge < -0.3 is 4.52 Å². The lowest BCUT2D eigenvalue weighted by atomic mass is 9.49. The van der Waals surface area contributed by atoms with Gasteiger partial charge in [-0.05, 0) is 61.7 Å². The van der Waals surface area contributed by atoms with Gasteiger partial charge in [0.05, 0.1) is 0 Å². The second-order valence-corrected chi connectivity index (χ2v) is 7.52. The number of hydrogen-bond donors (Lipinski definition) is 0. The van der Waals surface area contributed by atoms with Crippen LogP contribution in [0.3, 0.4) is 0 Å². The first-order valence-electron chi connectivity index (χ1n) is 6.69. The second kappa shape index (κ2) is 3.68. The molecule has 0 N–H and O–H groups in total. The van der Waals surface area contributed by atoms with E-state index in [0.29, 0.717) is 5.41 Å². The average Bonchev–Trinajstić information content (AvgIpc) is 2.60. The lowest BCUT2D eigenvalue weighted by molar-refractivity contribution is -0.0556. The van der Waals surface area contributed by atoms with Crippen molar-refractivity contribution in [2.45, 2.75) is 44.9 Å². The molecule has 1 heterocycles. The summed E-state index contributed by atoms with van der Waals surface area (Å²) in [4.78, 5) is 4.40. The van der Waals surface area contributed by atoms with Gasteiger partial charge in [0.15, 0.2) is 0 Å². The fourth-order valence-corrected chi connectivity index (χ4v) is 5.50. The maximum atomic E-state index is 5.33. The maximum Gasteiger partial charge on any atom is 0.232 e. The first kappa shape index (κ1) is 10.8. The van der Waals surface area contributed by atoms with Crippen LogP contribution in [0, 0.1) is 27.0 Å². The molecule has 0 radical (unpaired) electrons. The molecule has 4 bridgehead atoms. The van der Waals surface area contributed by atoms with Crippen LogP contribution in [0.2, 0.25) is 0 Å². The molecule has 1 aromatic rings. The summed E-state index contributed by atoms with van der Waals surface area (Å²) >= 11 is 2.13. The lowest BCUT2D eigenvalue weighted by Gasteiger charge is -2.56. The summed E-state index contributed by atoms with van der Waals surface area (Å²) in [5.74, 6) is 3.88. The van der Waals surface area contributed by atoms with E-state index in [9.17, 15) is 0 Å². The molecule has 3 nitrogen and oxygen atoms in total. The molecule has 5 rings (SSSR count). The van der Waals surface area contributed by atoms with Gasteiger partial charge in [0.2, 0.25) is 9.72 Å². The van der Waals surface area contributed by atoms with Crippen molar-refractivity contribution < 1.29 is 4.52 Å². The van der Waals surface area contributed by atoms with Crippen LogP contribution in [0.1, 0.15) is 44.4 Å². The van der Waals surface area contributed by atoms with Crippen molar-refractivity contribution in [1.82, 2.24) is 10.1 Å². The topological polar surface area (TPSA) is 38.9 Å². The minimum absolute atomic E-state index is 0.518. The average molecular weight is 344 g/mol. The Morgan fingerprint density at radius 3 is 2.18 bits per heavy atom. The van der Waals surface area contributed by atoms with E-state index in [4.69, 9.17) is 4.52 Å².